The first-order valence-corrected chi connectivity index (χ1v) is 2.35. The average molecular weight is 225 g/mol. The Morgan fingerprint density at radius 1 is 1.14 bits per heavy atom. The zero-order valence-corrected chi connectivity index (χ0v) is 11.4. The van der Waals surface area contributed by atoms with E-state index in [1.54, 1.807) is 0 Å². The van der Waals surface area contributed by atoms with E-state index in [1.165, 1.54) is 0 Å². The maximum atomic E-state index is 8.88. The molecule has 3 radical (unpaired) electrons. The van der Waals surface area contributed by atoms with Gasteiger partial charge in [-0.15, -0.1) is 0 Å². The van der Waals surface area contributed by atoms with Crippen molar-refractivity contribution in [2.24, 2.45) is 0 Å². The molecule has 0 rings (SSSR count). The van der Waals surface area contributed by atoms with Gasteiger partial charge in [0.15, 0.2) is 0 Å². The molecule has 3 N–H and O–H groups in total. The van der Waals surface area contributed by atoms with E-state index in [0.717, 1.165) is 0 Å². The number of phosphoric acid groups is 1. The molecule has 0 spiro atoms. The van der Waals surface area contributed by atoms with Gasteiger partial charge in [0.05, 0.1) is 0 Å². The molecular formula is H3KO4PSr. The number of hydrogen-bond acceptors (Lipinski definition) is 1. The second-order valence-corrected chi connectivity index (χ2v) is 1.54. The Morgan fingerprint density at radius 2 is 1.14 bits per heavy atom. The first-order chi connectivity index (χ1) is 2.00. The van der Waals surface area contributed by atoms with E-state index in [2.05, 4.69) is 0 Å². The van der Waals surface area contributed by atoms with Crippen molar-refractivity contribution in [3.63, 3.8) is 0 Å². The van der Waals surface area contributed by atoms with E-state index in [4.69, 9.17) is 19.2 Å². The summed E-state index contributed by atoms with van der Waals surface area (Å²) < 4.78 is 8.88. The Kier molecular flexibility index (Phi) is 17.5. The molecule has 0 atom stereocenters. The van der Waals surface area contributed by atoms with Gasteiger partial charge in [-0.05, 0) is 0 Å². The van der Waals surface area contributed by atoms with Crippen molar-refractivity contribution >= 4 is 105 Å². The molecule has 0 aliphatic rings. The van der Waals surface area contributed by atoms with Gasteiger partial charge in [0.2, 0.25) is 0 Å². The zero-order chi connectivity index (χ0) is 4.50. The molecule has 0 aliphatic carbocycles. The fraction of sp³-hybridized carbons (Fsp3) is 0. The third kappa shape index (κ3) is 46.3. The minimum absolute atomic E-state index is 0. The van der Waals surface area contributed by atoms with Crippen molar-refractivity contribution in [2.45, 2.75) is 0 Å². The smallest absolute Gasteiger partial charge is 0.303 e. The van der Waals surface area contributed by atoms with Gasteiger partial charge in [-0.1, -0.05) is 0 Å². The first kappa shape index (κ1) is 16.7. The van der Waals surface area contributed by atoms with Crippen molar-refractivity contribution in [3.05, 3.63) is 0 Å². The summed E-state index contributed by atoms with van der Waals surface area (Å²) in [5.41, 5.74) is 0. The van der Waals surface area contributed by atoms with Gasteiger partial charge < -0.3 is 14.7 Å². The molecule has 0 fully saturated rings. The summed E-state index contributed by atoms with van der Waals surface area (Å²) in [4.78, 5) is 21.6. The minimum Gasteiger partial charge on any atom is -0.303 e. The third-order valence-corrected chi connectivity index (χ3v) is 0. The predicted molar refractivity (Wildman–Crippen MR) is 25.8 cm³/mol. The minimum atomic E-state index is -4.64. The third-order valence-electron chi connectivity index (χ3n) is 0. The molecule has 0 bridgehead atoms. The monoisotopic (exact) mass is 225 g/mol. The summed E-state index contributed by atoms with van der Waals surface area (Å²) in [7, 11) is -4.64. The fourth-order valence-corrected chi connectivity index (χ4v) is 0. The largest absolute Gasteiger partial charge is 0.466 e. The molecule has 35 valence electrons. The fourth-order valence-electron chi connectivity index (χ4n) is 0. The van der Waals surface area contributed by atoms with Crippen LogP contribution in [0.1, 0.15) is 0 Å². The van der Waals surface area contributed by atoms with Gasteiger partial charge in [0.25, 0.3) is 0 Å². The Balaban J connectivity index is -0.0000000800. The van der Waals surface area contributed by atoms with Gasteiger partial charge >= 0.3 is 7.82 Å². The van der Waals surface area contributed by atoms with E-state index in [1.807, 2.05) is 0 Å². The van der Waals surface area contributed by atoms with Crippen LogP contribution in [0.15, 0.2) is 0 Å². The molecule has 0 aliphatic heterocycles. The van der Waals surface area contributed by atoms with Crippen LogP contribution in [0.2, 0.25) is 0 Å². The molecule has 0 unspecified atom stereocenters. The molecule has 0 aromatic carbocycles. The van der Waals surface area contributed by atoms with Crippen molar-refractivity contribution < 1.29 is 19.2 Å². The normalized spacial score (nSPS) is 8.43. The molecule has 0 saturated heterocycles. The van der Waals surface area contributed by atoms with Crippen LogP contribution in [-0.4, -0.2) is 112 Å². The maximum absolute atomic E-state index is 8.88. The van der Waals surface area contributed by atoms with E-state index < -0.39 is 7.82 Å². The van der Waals surface area contributed by atoms with Crippen LogP contribution in [0.4, 0.5) is 0 Å². The summed E-state index contributed by atoms with van der Waals surface area (Å²) in [6.07, 6.45) is 0. The van der Waals surface area contributed by atoms with Crippen LogP contribution in [0, 0.1) is 0 Å². The second-order valence-electron chi connectivity index (χ2n) is 0.513. The Labute approximate surface area is 121 Å². The van der Waals surface area contributed by atoms with Gasteiger partial charge in [-0.2, -0.15) is 0 Å². The summed E-state index contributed by atoms with van der Waals surface area (Å²) in [5.74, 6) is 0. The molecule has 0 heterocycles. The van der Waals surface area contributed by atoms with Crippen LogP contribution in [0.3, 0.4) is 0 Å². The van der Waals surface area contributed by atoms with Gasteiger partial charge in [-0.25, -0.2) is 4.57 Å². The number of hydrogen-bond donors (Lipinski definition) is 3. The first-order valence-electron chi connectivity index (χ1n) is 0.783. The second kappa shape index (κ2) is 7.34. The summed E-state index contributed by atoms with van der Waals surface area (Å²) in [5, 5.41) is 0. The Hall–Kier alpha value is 3.23. The van der Waals surface area contributed by atoms with E-state index in [0.29, 0.717) is 0 Å². The van der Waals surface area contributed by atoms with Gasteiger partial charge in [0, 0.05) is 96.9 Å². The van der Waals surface area contributed by atoms with Crippen LogP contribution in [-0.2, 0) is 4.57 Å². The van der Waals surface area contributed by atoms with Crippen LogP contribution >= 0.6 is 7.82 Å². The summed E-state index contributed by atoms with van der Waals surface area (Å²) in [6.45, 7) is 0. The average Bonchev–Trinajstić information content (AvgIpc) is 0.722. The predicted octanol–water partition coefficient (Wildman–Crippen LogP) is -1.69. The van der Waals surface area contributed by atoms with Gasteiger partial charge in [-0.3, -0.25) is 0 Å². The van der Waals surface area contributed by atoms with Gasteiger partial charge in [0.1, 0.15) is 0 Å². The van der Waals surface area contributed by atoms with Crippen LogP contribution < -0.4 is 0 Å². The van der Waals surface area contributed by atoms with E-state index in [9.17, 15) is 0 Å². The quantitative estimate of drug-likeness (QED) is 0.339. The van der Waals surface area contributed by atoms with Crippen molar-refractivity contribution in [3.8, 4) is 0 Å². The maximum Gasteiger partial charge on any atom is 0.466 e. The van der Waals surface area contributed by atoms with Crippen LogP contribution in [0.5, 0.6) is 0 Å². The topological polar surface area (TPSA) is 77.8 Å². The van der Waals surface area contributed by atoms with Crippen molar-refractivity contribution in [2.75, 3.05) is 0 Å². The molecule has 0 saturated carbocycles. The van der Waals surface area contributed by atoms with Crippen molar-refractivity contribution in [1.29, 1.82) is 0 Å². The number of rotatable bonds is 0. The van der Waals surface area contributed by atoms with E-state index >= 15 is 0 Å². The van der Waals surface area contributed by atoms with E-state index in [-0.39, 0.29) is 96.9 Å². The summed E-state index contributed by atoms with van der Waals surface area (Å²) in [6, 6.07) is 0. The van der Waals surface area contributed by atoms with Crippen LogP contribution in [0.25, 0.3) is 0 Å². The Morgan fingerprint density at radius 3 is 1.14 bits per heavy atom. The molecule has 7 heavy (non-hydrogen) atoms. The molecule has 0 aromatic rings. The SMILES string of the molecule is O=P(O)(O)O.[K].[Sr]. The van der Waals surface area contributed by atoms with Crippen molar-refractivity contribution in [1.82, 2.24) is 0 Å². The molecular weight excluding hydrogens is 222 g/mol. The molecule has 7 heteroatoms. The zero-order valence-electron chi connectivity index (χ0n) is 3.90. The molecule has 0 aromatic heterocycles. The molecule has 4 nitrogen and oxygen atoms in total. The Bertz CT molecular complexity index is 57.8. The summed E-state index contributed by atoms with van der Waals surface area (Å²) >= 11 is 0. The standard InChI is InChI=1S/K.H3O4P.Sr/c;1-5(2,3)4;/h;(H3,1,2,3,4);. The molecule has 0 amide bonds.